The Balaban J connectivity index is 1.87. The number of benzene rings is 2. The number of nitrogens with zero attached hydrogens (tertiary/aromatic N) is 1. The summed E-state index contributed by atoms with van der Waals surface area (Å²) >= 11 is 1.69. The highest BCUT2D eigenvalue weighted by Gasteiger charge is 2.06. The quantitative estimate of drug-likeness (QED) is 0.769. The van der Waals surface area contributed by atoms with E-state index in [1.165, 1.54) is 11.1 Å². The van der Waals surface area contributed by atoms with Crippen LogP contribution in [0.15, 0.2) is 53.9 Å². The maximum atomic E-state index is 5.63. The molecule has 2 aromatic carbocycles. The highest BCUT2D eigenvalue weighted by atomic mass is 32.1. The van der Waals surface area contributed by atoms with Crippen LogP contribution in [0.1, 0.15) is 18.1 Å². The molecule has 0 aliphatic carbocycles. The molecule has 0 radical (unpaired) electrons. The Kier molecular flexibility index (Phi) is 4.13. The maximum absolute atomic E-state index is 5.63. The molecule has 0 saturated carbocycles. The molecule has 0 bridgehead atoms. The second-order valence-corrected chi connectivity index (χ2v) is 5.85. The summed E-state index contributed by atoms with van der Waals surface area (Å²) in [4.78, 5) is 4.75. The van der Waals surface area contributed by atoms with E-state index in [-0.39, 0.29) is 0 Å². The Morgan fingerprint density at radius 2 is 1.52 bits per heavy atom. The molecule has 3 rings (SSSR count). The topological polar surface area (TPSA) is 38.9 Å². The standard InChI is InChI=1S/C18H18N2S/c1-2-13-3-9-16(10-4-13)18-20-17(12-21-18)15-7-5-14(11-19)6-8-15/h3-10,12H,2,11,19H2,1H3. The van der Waals surface area contributed by atoms with E-state index in [2.05, 4.69) is 60.8 Å². The van der Waals surface area contributed by atoms with Gasteiger partial charge in [-0.15, -0.1) is 11.3 Å². The molecule has 0 spiro atoms. The first-order chi connectivity index (χ1) is 10.3. The number of thiazole rings is 1. The second-order valence-electron chi connectivity index (χ2n) is 4.99. The normalized spacial score (nSPS) is 10.8. The lowest BCUT2D eigenvalue weighted by Gasteiger charge is -2.00. The lowest BCUT2D eigenvalue weighted by molar-refractivity contribution is 1.07. The number of hydrogen-bond donors (Lipinski definition) is 1. The molecule has 0 aliphatic heterocycles. The second kappa shape index (κ2) is 6.20. The molecule has 0 amide bonds. The first kappa shape index (κ1) is 14.0. The smallest absolute Gasteiger partial charge is 0.124 e. The fourth-order valence-corrected chi connectivity index (χ4v) is 3.07. The lowest BCUT2D eigenvalue weighted by Crippen LogP contribution is -1.95. The minimum Gasteiger partial charge on any atom is -0.326 e. The predicted molar refractivity (Wildman–Crippen MR) is 90.3 cm³/mol. The molecule has 1 heterocycles. The van der Waals surface area contributed by atoms with Gasteiger partial charge in [0.25, 0.3) is 0 Å². The van der Waals surface area contributed by atoms with Crippen molar-refractivity contribution in [1.29, 1.82) is 0 Å². The van der Waals surface area contributed by atoms with Gasteiger partial charge in [0.15, 0.2) is 0 Å². The van der Waals surface area contributed by atoms with Crippen molar-refractivity contribution in [2.45, 2.75) is 19.9 Å². The van der Waals surface area contributed by atoms with Gasteiger partial charge in [0.2, 0.25) is 0 Å². The summed E-state index contributed by atoms with van der Waals surface area (Å²) < 4.78 is 0. The van der Waals surface area contributed by atoms with Crippen molar-refractivity contribution in [1.82, 2.24) is 4.98 Å². The van der Waals surface area contributed by atoms with Gasteiger partial charge in [0, 0.05) is 23.1 Å². The van der Waals surface area contributed by atoms with Gasteiger partial charge in [-0.1, -0.05) is 55.5 Å². The van der Waals surface area contributed by atoms with Crippen LogP contribution < -0.4 is 5.73 Å². The largest absolute Gasteiger partial charge is 0.326 e. The van der Waals surface area contributed by atoms with Gasteiger partial charge >= 0.3 is 0 Å². The van der Waals surface area contributed by atoms with Gasteiger partial charge in [-0.05, 0) is 17.5 Å². The number of aromatic nitrogens is 1. The van der Waals surface area contributed by atoms with Gasteiger partial charge in [0.1, 0.15) is 5.01 Å². The summed E-state index contributed by atoms with van der Waals surface area (Å²) in [6, 6.07) is 16.9. The van der Waals surface area contributed by atoms with E-state index < -0.39 is 0 Å². The maximum Gasteiger partial charge on any atom is 0.124 e. The van der Waals surface area contributed by atoms with Crippen LogP contribution >= 0.6 is 11.3 Å². The van der Waals surface area contributed by atoms with Crippen LogP contribution in [0.25, 0.3) is 21.8 Å². The van der Waals surface area contributed by atoms with Crippen molar-refractivity contribution in [3.05, 3.63) is 65.0 Å². The first-order valence-corrected chi connectivity index (χ1v) is 8.02. The molecule has 0 aliphatic rings. The number of aryl methyl sites for hydroxylation is 1. The Morgan fingerprint density at radius 1 is 0.905 bits per heavy atom. The molecule has 3 heteroatoms. The molecule has 0 unspecified atom stereocenters. The Bertz CT molecular complexity index is 650. The third-order valence-corrected chi connectivity index (χ3v) is 4.49. The molecular weight excluding hydrogens is 276 g/mol. The van der Waals surface area contributed by atoms with Crippen LogP contribution in [0.5, 0.6) is 0 Å². The minimum absolute atomic E-state index is 0.576. The summed E-state index contributed by atoms with van der Waals surface area (Å²) in [6.07, 6.45) is 1.07. The third-order valence-electron chi connectivity index (χ3n) is 3.60. The van der Waals surface area contributed by atoms with E-state index in [0.29, 0.717) is 6.54 Å². The molecule has 2 N–H and O–H groups in total. The third kappa shape index (κ3) is 3.04. The molecular formula is C18H18N2S. The lowest BCUT2D eigenvalue weighted by atomic mass is 10.1. The Labute approximate surface area is 129 Å². The van der Waals surface area contributed by atoms with Gasteiger partial charge < -0.3 is 5.73 Å². The zero-order valence-electron chi connectivity index (χ0n) is 12.0. The minimum atomic E-state index is 0.576. The SMILES string of the molecule is CCc1ccc(-c2nc(-c3ccc(CN)cc3)cs2)cc1. The molecule has 1 aromatic heterocycles. The van der Waals surface area contributed by atoms with Gasteiger partial charge in [-0.2, -0.15) is 0 Å². The van der Waals surface area contributed by atoms with E-state index in [9.17, 15) is 0 Å². The molecule has 0 atom stereocenters. The van der Waals surface area contributed by atoms with E-state index >= 15 is 0 Å². The van der Waals surface area contributed by atoms with Crippen molar-refractivity contribution in [3.63, 3.8) is 0 Å². The number of nitrogens with two attached hydrogens (primary N) is 1. The molecule has 106 valence electrons. The van der Waals surface area contributed by atoms with E-state index in [4.69, 9.17) is 10.7 Å². The zero-order valence-corrected chi connectivity index (χ0v) is 12.9. The number of rotatable bonds is 4. The average molecular weight is 294 g/mol. The highest BCUT2D eigenvalue weighted by Crippen LogP contribution is 2.29. The molecule has 0 fully saturated rings. The molecule has 2 nitrogen and oxygen atoms in total. The van der Waals surface area contributed by atoms with E-state index in [1.807, 2.05) is 0 Å². The van der Waals surface area contributed by atoms with Crippen LogP contribution in [0.4, 0.5) is 0 Å². The molecule has 0 saturated heterocycles. The van der Waals surface area contributed by atoms with Gasteiger partial charge in [0.05, 0.1) is 5.69 Å². The monoisotopic (exact) mass is 294 g/mol. The fraction of sp³-hybridized carbons (Fsp3) is 0.167. The van der Waals surface area contributed by atoms with Crippen molar-refractivity contribution >= 4 is 11.3 Å². The van der Waals surface area contributed by atoms with E-state index in [0.717, 1.165) is 28.2 Å². The summed E-state index contributed by atoms with van der Waals surface area (Å²) in [5, 5.41) is 3.18. The van der Waals surface area contributed by atoms with Gasteiger partial charge in [-0.25, -0.2) is 4.98 Å². The summed E-state index contributed by atoms with van der Waals surface area (Å²) in [5.74, 6) is 0. The van der Waals surface area contributed by atoms with Crippen molar-refractivity contribution in [2.75, 3.05) is 0 Å². The van der Waals surface area contributed by atoms with Crippen LogP contribution in [0.2, 0.25) is 0 Å². The van der Waals surface area contributed by atoms with Crippen molar-refractivity contribution in [3.8, 4) is 21.8 Å². The van der Waals surface area contributed by atoms with E-state index in [1.54, 1.807) is 11.3 Å². The van der Waals surface area contributed by atoms with Crippen molar-refractivity contribution < 1.29 is 0 Å². The van der Waals surface area contributed by atoms with Gasteiger partial charge in [-0.3, -0.25) is 0 Å². The Morgan fingerprint density at radius 3 is 2.14 bits per heavy atom. The fourth-order valence-electron chi connectivity index (χ4n) is 2.23. The zero-order chi connectivity index (χ0) is 14.7. The van der Waals surface area contributed by atoms with Crippen LogP contribution in [-0.2, 0) is 13.0 Å². The molecule has 21 heavy (non-hydrogen) atoms. The predicted octanol–water partition coefficient (Wildman–Crippen LogP) is 4.50. The van der Waals surface area contributed by atoms with Crippen LogP contribution in [0.3, 0.4) is 0 Å². The Hall–Kier alpha value is -1.97. The average Bonchev–Trinajstić information content (AvgIpc) is 3.05. The number of hydrogen-bond acceptors (Lipinski definition) is 3. The van der Waals surface area contributed by atoms with Crippen LogP contribution in [-0.4, -0.2) is 4.98 Å². The van der Waals surface area contributed by atoms with Crippen LogP contribution in [0, 0.1) is 0 Å². The summed E-state index contributed by atoms with van der Waals surface area (Å²) in [5.41, 5.74) is 11.5. The molecule has 3 aromatic rings. The van der Waals surface area contributed by atoms with Crippen molar-refractivity contribution in [2.24, 2.45) is 5.73 Å². The summed E-state index contributed by atoms with van der Waals surface area (Å²) in [6.45, 7) is 2.74. The first-order valence-electron chi connectivity index (χ1n) is 7.14. The highest BCUT2D eigenvalue weighted by molar-refractivity contribution is 7.13. The summed E-state index contributed by atoms with van der Waals surface area (Å²) in [7, 11) is 0.